The van der Waals surface area contributed by atoms with E-state index in [1.54, 1.807) is 24.3 Å². The Kier molecular flexibility index (Phi) is 5.18. The number of hydrogen-bond acceptors (Lipinski definition) is 3. The molecule has 0 unspecified atom stereocenters. The zero-order valence-corrected chi connectivity index (χ0v) is 12.2. The number of pyridine rings is 1. The lowest BCUT2D eigenvalue weighted by molar-refractivity contribution is 0.102. The molecule has 0 saturated heterocycles. The highest BCUT2D eigenvalue weighted by atomic mass is 35.5. The summed E-state index contributed by atoms with van der Waals surface area (Å²) in [5, 5.41) is 12.1. The minimum atomic E-state index is -0.339. The van der Waals surface area contributed by atoms with Gasteiger partial charge in [-0.05, 0) is 30.3 Å². The summed E-state index contributed by atoms with van der Waals surface area (Å²) in [6.45, 7) is -0.249. The predicted octanol–water partition coefficient (Wildman–Crippen LogP) is 2.98. The molecule has 1 amide bonds. The second-order valence-corrected chi connectivity index (χ2v) is 4.81. The molecule has 2 N–H and O–H groups in total. The number of aliphatic hydroxyl groups is 1. The van der Waals surface area contributed by atoms with E-state index < -0.39 is 0 Å². The van der Waals surface area contributed by atoms with Gasteiger partial charge in [0.25, 0.3) is 5.91 Å². The first kappa shape index (κ1) is 15.3. The van der Waals surface area contributed by atoms with Crippen LogP contribution in [0.1, 0.15) is 15.9 Å². The van der Waals surface area contributed by atoms with Crippen molar-refractivity contribution >= 4 is 34.9 Å². The van der Waals surface area contributed by atoms with E-state index in [2.05, 4.69) is 22.1 Å². The van der Waals surface area contributed by atoms with Gasteiger partial charge in [0, 0.05) is 17.3 Å². The van der Waals surface area contributed by atoms with Crippen molar-refractivity contribution in [3.05, 3.63) is 57.7 Å². The normalized spacial score (nSPS) is 9.67. The van der Waals surface area contributed by atoms with Gasteiger partial charge in [0.05, 0.1) is 10.0 Å². The summed E-state index contributed by atoms with van der Waals surface area (Å²) in [4.78, 5) is 16.0. The smallest absolute Gasteiger partial charge is 0.256 e. The number of benzene rings is 1. The molecule has 0 fully saturated rings. The molecule has 0 aliphatic heterocycles. The van der Waals surface area contributed by atoms with Crippen LogP contribution in [0.2, 0.25) is 10.0 Å². The van der Waals surface area contributed by atoms with Crippen LogP contribution < -0.4 is 5.32 Å². The summed E-state index contributed by atoms with van der Waals surface area (Å²) in [6.07, 6.45) is 1.44. The molecule has 2 aromatic rings. The molecule has 4 nitrogen and oxygen atoms in total. The number of nitrogens with zero attached hydrogens (tertiary/aromatic N) is 1. The van der Waals surface area contributed by atoms with E-state index in [1.807, 2.05) is 0 Å². The Hall–Kier alpha value is -2.06. The van der Waals surface area contributed by atoms with Crippen molar-refractivity contribution in [1.29, 1.82) is 0 Å². The van der Waals surface area contributed by atoms with E-state index in [4.69, 9.17) is 28.3 Å². The number of carbonyl (C=O) groups excluding carboxylic acids is 1. The zero-order chi connectivity index (χ0) is 15.2. The maximum Gasteiger partial charge on any atom is 0.256 e. The number of nitrogens with one attached hydrogen (secondary N) is 1. The maximum atomic E-state index is 12.1. The summed E-state index contributed by atoms with van der Waals surface area (Å²) in [7, 11) is 0. The standard InChI is InChI=1S/C15H10Cl2N2O2/c16-12-5-6-14(18-9-12)19-15(21)11-4-3-10(2-1-7-20)13(17)8-11/h3-6,8-9,20H,7H2,(H,18,19,21). The Bertz CT molecular complexity index is 719. The van der Waals surface area contributed by atoms with Gasteiger partial charge in [0.15, 0.2) is 0 Å². The number of amides is 1. The van der Waals surface area contributed by atoms with Crippen LogP contribution in [0.15, 0.2) is 36.5 Å². The molecular formula is C15H10Cl2N2O2. The van der Waals surface area contributed by atoms with Crippen LogP contribution in [-0.2, 0) is 0 Å². The van der Waals surface area contributed by atoms with Gasteiger partial charge in [-0.25, -0.2) is 4.98 Å². The van der Waals surface area contributed by atoms with Gasteiger partial charge in [-0.1, -0.05) is 35.0 Å². The summed E-state index contributed by atoms with van der Waals surface area (Å²) in [5.74, 6) is 5.25. The molecule has 0 atom stereocenters. The minimum absolute atomic E-state index is 0.249. The van der Waals surface area contributed by atoms with Gasteiger partial charge >= 0.3 is 0 Å². The van der Waals surface area contributed by atoms with Crippen LogP contribution in [0.3, 0.4) is 0 Å². The Morgan fingerprint density at radius 2 is 2.10 bits per heavy atom. The van der Waals surface area contributed by atoms with E-state index in [-0.39, 0.29) is 12.5 Å². The Morgan fingerprint density at radius 3 is 2.71 bits per heavy atom. The fraction of sp³-hybridized carbons (Fsp3) is 0.0667. The molecule has 0 saturated carbocycles. The zero-order valence-electron chi connectivity index (χ0n) is 10.7. The first-order valence-corrected chi connectivity index (χ1v) is 6.68. The molecule has 1 aromatic carbocycles. The Balaban J connectivity index is 2.16. The van der Waals surface area contributed by atoms with Crippen molar-refractivity contribution in [3.8, 4) is 11.8 Å². The third kappa shape index (κ3) is 4.20. The second kappa shape index (κ2) is 7.09. The summed E-state index contributed by atoms with van der Waals surface area (Å²) in [5.41, 5.74) is 0.929. The van der Waals surface area contributed by atoms with Crippen LogP contribution in [0, 0.1) is 11.8 Å². The third-order valence-corrected chi connectivity index (χ3v) is 3.04. The average molecular weight is 321 g/mol. The lowest BCUT2D eigenvalue weighted by Gasteiger charge is -2.05. The van der Waals surface area contributed by atoms with Gasteiger partial charge in [-0.15, -0.1) is 0 Å². The van der Waals surface area contributed by atoms with Gasteiger partial charge < -0.3 is 10.4 Å². The number of anilines is 1. The van der Waals surface area contributed by atoms with Crippen molar-refractivity contribution in [2.24, 2.45) is 0 Å². The van der Waals surface area contributed by atoms with Gasteiger partial charge in [-0.2, -0.15) is 0 Å². The molecule has 0 aliphatic rings. The summed E-state index contributed by atoms with van der Waals surface area (Å²) >= 11 is 11.8. The summed E-state index contributed by atoms with van der Waals surface area (Å²) < 4.78 is 0. The highest BCUT2D eigenvalue weighted by Crippen LogP contribution is 2.18. The molecular weight excluding hydrogens is 311 g/mol. The fourth-order valence-electron chi connectivity index (χ4n) is 1.53. The van der Waals surface area contributed by atoms with Gasteiger partial charge in [0.1, 0.15) is 12.4 Å². The van der Waals surface area contributed by atoms with E-state index in [0.29, 0.717) is 27.0 Å². The van der Waals surface area contributed by atoms with Gasteiger partial charge in [0.2, 0.25) is 0 Å². The number of halogens is 2. The molecule has 2 rings (SSSR count). The number of carbonyl (C=O) groups is 1. The first-order valence-electron chi connectivity index (χ1n) is 5.92. The van der Waals surface area contributed by atoms with Crippen LogP contribution in [0.5, 0.6) is 0 Å². The largest absolute Gasteiger partial charge is 0.384 e. The maximum absolute atomic E-state index is 12.1. The molecule has 6 heteroatoms. The average Bonchev–Trinajstić information content (AvgIpc) is 2.48. The molecule has 0 bridgehead atoms. The highest BCUT2D eigenvalue weighted by Gasteiger charge is 2.09. The molecule has 0 spiro atoms. The van der Waals surface area contributed by atoms with E-state index in [0.717, 1.165) is 0 Å². The Morgan fingerprint density at radius 1 is 1.29 bits per heavy atom. The van der Waals surface area contributed by atoms with Gasteiger partial charge in [-0.3, -0.25) is 4.79 Å². The van der Waals surface area contributed by atoms with Crippen LogP contribution in [-0.4, -0.2) is 22.6 Å². The molecule has 0 aliphatic carbocycles. The monoisotopic (exact) mass is 320 g/mol. The number of hydrogen-bond donors (Lipinski definition) is 2. The Labute approximate surface area is 131 Å². The summed E-state index contributed by atoms with van der Waals surface area (Å²) in [6, 6.07) is 7.95. The highest BCUT2D eigenvalue weighted by molar-refractivity contribution is 6.32. The lowest BCUT2D eigenvalue weighted by atomic mass is 10.1. The molecule has 1 aromatic heterocycles. The SMILES string of the molecule is O=C(Nc1ccc(Cl)cn1)c1ccc(C#CCO)c(Cl)c1. The van der Waals surface area contributed by atoms with E-state index in [1.165, 1.54) is 12.3 Å². The third-order valence-electron chi connectivity index (χ3n) is 2.50. The van der Waals surface area contributed by atoms with Crippen molar-refractivity contribution in [3.63, 3.8) is 0 Å². The quantitative estimate of drug-likeness (QED) is 0.836. The second-order valence-electron chi connectivity index (χ2n) is 3.97. The van der Waals surface area contributed by atoms with Crippen molar-refractivity contribution in [2.75, 3.05) is 11.9 Å². The molecule has 21 heavy (non-hydrogen) atoms. The lowest BCUT2D eigenvalue weighted by Crippen LogP contribution is -2.12. The fourth-order valence-corrected chi connectivity index (χ4v) is 1.87. The van der Waals surface area contributed by atoms with E-state index in [9.17, 15) is 4.79 Å². The van der Waals surface area contributed by atoms with Crippen LogP contribution in [0.25, 0.3) is 0 Å². The minimum Gasteiger partial charge on any atom is -0.384 e. The number of aliphatic hydroxyl groups excluding tert-OH is 1. The molecule has 0 radical (unpaired) electrons. The van der Waals surface area contributed by atoms with Crippen LogP contribution >= 0.6 is 23.2 Å². The van der Waals surface area contributed by atoms with E-state index >= 15 is 0 Å². The van der Waals surface area contributed by atoms with Crippen LogP contribution in [0.4, 0.5) is 5.82 Å². The first-order chi connectivity index (χ1) is 10.1. The van der Waals surface area contributed by atoms with Crippen molar-refractivity contribution in [2.45, 2.75) is 0 Å². The topological polar surface area (TPSA) is 62.2 Å². The number of aromatic nitrogens is 1. The predicted molar refractivity (Wildman–Crippen MR) is 82.6 cm³/mol. The number of rotatable bonds is 2. The van der Waals surface area contributed by atoms with Crippen molar-refractivity contribution < 1.29 is 9.90 Å². The molecule has 1 heterocycles. The molecule has 106 valence electrons. The van der Waals surface area contributed by atoms with Crippen molar-refractivity contribution in [1.82, 2.24) is 4.98 Å².